The third kappa shape index (κ3) is 2.63. The molecule has 1 aromatic carbocycles. The lowest BCUT2D eigenvalue weighted by atomic mass is 10.1. The van der Waals surface area contributed by atoms with Gasteiger partial charge in [0.1, 0.15) is 17.5 Å². The fourth-order valence-electron chi connectivity index (χ4n) is 1.12. The minimum absolute atomic E-state index is 0.0668. The SMILES string of the molecule is N[C@H](Cc1cc(O)cc(O)c1)C(=O)O. The number of nitrogens with two attached hydrogens (primary N) is 1. The van der Waals surface area contributed by atoms with Crippen molar-refractivity contribution in [3.63, 3.8) is 0 Å². The van der Waals surface area contributed by atoms with Gasteiger partial charge in [-0.2, -0.15) is 0 Å². The zero-order valence-electron chi connectivity index (χ0n) is 7.34. The van der Waals surface area contributed by atoms with Crippen molar-refractivity contribution in [2.75, 3.05) is 0 Å². The van der Waals surface area contributed by atoms with Crippen LogP contribution in [-0.4, -0.2) is 27.3 Å². The molecule has 5 heteroatoms. The first-order valence-corrected chi connectivity index (χ1v) is 3.99. The molecule has 1 aromatic rings. The van der Waals surface area contributed by atoms with Gasteiger partial charge in [-0.25, -0.2) is 0 Å². The Hall–Kier alpha value is -1.75. The molecule has 0 bridgehead atoms. The average molecular weight is 197 g/mol. The third-order valence-corrected chi connectivity index (χ3v) is 1.74. The normalized spacial score (nSPS) is 12.4. The van der Waals surface area contributed by atoms with Gasteiger partial charge in [0, 0.05) is 6.07 Å². The van der Waals surface area contributed by atoms with Gasteiger partial charge < -0.3 is 21.1 Å². The quantitative estimate of drug-likeness (QED) is 0.548. The highest BCUT2D eigenvalue weighted by atomic mass is 16.4. The van der Waals surface area contributed by atoms with Crippen molar-refractivity contribution in [2.45, 2.75) is 12.5 Å². The second-order valence-corrected chi connectivity index (χ2v) is 3.01. The van der Waals surface area contributed by atoms with E-state index < -0.39 is 12.0 Å². The molecule has 0 aliphatic rings. The Morgan fingerprint density at radius 3 is 2.21 bits per heavy atom. The zero-order valence-corrected chi connectivity index (χ0v) is 7.34. The van der Waals surface area contributed by atoms with E-state index in [4.69, 9.17) is 21.1 Å². The molecule has 0 fully saturated rings. The van der Waals surface area contributed by atoms with Crippen molar-refractivity contribution >= 4 is 5.97 Å². The Balaban J connectivity index is 2.81. The van der Waals surface area contributed by atoms with Gasteiger partial charge in [0.2, 0.25) is 0 Å². The van der Waals surface area contributed by atoms with Crippen LogP contribution >= 0.6 is 0 Å². The molecule has 1 atom stereocenters. The van der Waals surface area contributed by atoms with Gasteiger partial charge in [0.25, 0.3) is 0 Å². The van der Waals surface area contributed by atoms with E-state index in [1.54, 1.807) is 0 Å². The van der Waals surface area contributed by atoms with Crippen LogP contribution in [0.4, 0.5) is 0 Å². The third-order valence-electron chi connectivity index (χ3n) is 1.74. The van der Waals surface area contributed by atoms with Crippen molar-refractivity contribution in [2.24, 2.45) is 5.73 Å². The number of carboxylic acid groups (broad SMARTS) is 1. The molecule has 0 unspecified atom stereocenters. The monoisotopic (exact) mass is 197 g/mol. The van der Waals surface area contributed by atoms with Crippen LogP contribution in [0.3, 0.4) is 0 Å². The van der Waals surface area contributed by atoms with Gasteiger partial charge in [-0.1, -0.05) is 0 Å². The van der Waals surface area contributed by atoms with Gasteiger partial charge in [-0.05, 0) is 24.1 Å². The highest BCUT2D eigenvalue weighted by molar-refractivity contribution is 5.73. The topological polar surface area (TPSA) is 104 Å². The van der Waals surface area contributed by atoms with Crippen molar-refractivity contribution in [1.29, 1.82) is 0 Å². The van der Waals surface area contributed by atoms with Crippen molar-refractivity contribution in [3.05, 3.63) is 23.8 Å². The Morgan fingerprint density at radius 1 is 1.29 bits per heavy atom. The van der Waals surface area contributed by atoms with E-state index in [-0.39, 0.29) is 17.9 Å². The molecule has 0 aliphatic heterocycles. The standard InChI is InChI=1S/C9H11NO4/c10-8(9(13)14)3-5-1-6(11)4-7(12)2-5/h1-2,4,8,11-12H,3,10H2,(H,13,14)/t8-/m1/s1. The Morgan fingerprint density at radius 2 is 1.79 bits per heavy atom. The minimum atomic E-state index is -1.12. The summed E-state index contributed by atoms with van der Waals surface area (Å²) >= 11 is 0. The molecule has 0 spiro atoms. The average Bonchev–Trinajstić information content (AvgIpc) is 2.01. The van der Waals surface area contributed by atoms with E-state index in [0.717, 1.165) is 6.07 Å². The molecule has 0 radical (unpaired) electrons. The maximum atomic E-state index is 10.4. The number of rotatable bonds is 3. The number of phenols is 2. The number of aromatic hydroxyl groups is 2. The molecule has 14 heavy (non-hydrogen) atoms. The van der Waals surface area contributed by atoms with E-state index in [0.29, 0.717) is 5.56 Å². The number of phenolic OH excluding ortho intramolecular Hbond substituents is 2. The first kappa shape index (κ1) is 10.3. The fraction of sp³-hybridized carbons (Fsp3) is 0.222. The summed E-state index contributed by atoms with van der Waals surface area (Å²) in [6.07, 6.45) is 0.0668. The molecule has 5 nitrogen and oxygen atoms in total. The minimum Gasteiger partial charge on any atom is -0.508 e. The van der Waals surface area contributed by atoms with Crippen LogP contribution in [0.1, 0.15) is 5.56 Å². The molecule has 0 saturated heterocycles. The van der Waals surface area contributed by atoms with Gasteiger partial charge >= 0.3 is 5.97 Å². The first-order valence-electron chi connectivity index (χ1n) is 3.99. The molecule has 0 aromatic heterocycles. The summed E-state index contributed by atoms with van der Waals surface area (Å²) in [7, 11) is 0. The molecule has 0 amide bonds. The zero-order chi connectivity index (χ0) is 10.7. The largest absolute Gasteiger partial charge is 0.508 e. The van der Waals surface area contributed by atoms with E-state index >= 15 is 0 Å². The van der Waals surface area contributed by atoms with Crippen molar-refractivity contribution < 1.29 is 20.1 Å². The Bertz CT molecular complexity index is 330. The smallest absolute Gasteiger partial charge is 0.320 e. The molecular weight excluding hydrogens is 186 g/mol. The highest BCUT2D eigenvalue weighted by Crippen LogP contribution is 2.20. The Labute approximate surface area is 80.4 Å². The van der Waals surface area contributed by atoms with Crippen LogP contribution in [0.25, 0.3) is 0 Å². The van der Waals surface area contributed by atoms with E-state index in [1.165, 1.54) is 12.1 Å². The summed E-state index contributed by atoms with van der Waals surface area (Å²) in [4.78, 5) is 10.4. The van der Waals surface area contributed by atoms with Crippen LogP contribution in [0.5, 0.6) is 11.5 Å². The summed E-state index contributed by atoms with van der Waals surface area (Å²) in [5.74, 6) is -1.34. The number of hydrogen-bond acceptors (Lipinski definition) is 4. The summed E-state index contributed by atoms with van der Waals surface area (Å²) in [5.41, 5.74) is 5.77. The second kappa shape index (κ2) is 3.97. The van der Waals surface area contributed by atoms with Crippen LogP contribution in [0.15, 0.2) is 18.2 Å². The molecule has 76 valence electrons. The molecule has 0 aliphatic carbocycles. The Kier molecular flexibility index (Phi) is 2.93. The maximum absolute atomic E-state index is 10.4. The summed E-state index contributed by atoms with van der Waals surface area (Å²) in [6, 6.07) is 2.86. The molecule has 0 saturated carbocycles. The van der Waals surface area contributed by atoms with Crippen molar-refractivity contribution in [3.8, 4) is 11.5 Å². The molecule has 1 rings (SSSR count). The maximum Gasteiger partial charge on any atom is 0.320 e. The van der Waals surface area contributed by atoms with Gasteiger partial charge in [0.05, 0.1) is 0 Å². The van der Waals surface area contributed by atoms with E-state index in [1.807, 2.05) is 0 Å². The molecular formula is C9H11NO4. The fourth-order valence-corrected chi connectivity index (χ4v) is 1.12. The van der Waals surface area contributed by atoms with Crippen LogP contribution in [0.2, 0.25) is 0 Å². The van der Waals surface area contributed by atoms with Crippen LogP contribution < -0.4 is 5.73 Å². The van der Waals surface area contributed by atoms with Crippen molar-refractivity contribution in [1.82, 2.24) is 0 Å². The van der Waals surface area contributed by atoms with Gasteiger partial charge in [0.15, 0.2) is 0 Å². The number of hydrogen-bond donors (Lipinski definition) is 4. The van der Waals surface area contributed by atoms with Crippen LogP contribution in [-0.2, 0) is 11.2 Å². The lowest BCUT2D eigenvalue weighted by Crippen LogP contribution is -2.32. The predicted molar refractivity (Wildman–Crippen MR) is 49.1 cm³/mol. The van der Waals surface area contributed by atoms with Gasteiger partial charge in [-0.3, -0.25) is 4.79 Å². The molecule has 0 heterocycles. The second-order valence-electron chi connectivity index (χ2n) is 3.01. The summed E-state index contributed by atoms with van der Waals surface area (Å²) in [6.45, 7) is 0. The first-order chi connectivity index (χ1) is 6.49. The number of carboxylic acids is 1. The summed E-state index contributed by atoms with van der Waals surface area (Å²) < 4.78 is 0. The number of aliphatic carboxylic acids is 1. The van der Waals surface area contributed by atoms with Crippen LogP contribution in [0, 0.1) is 0 Å². The molecule has 5 N–H and O–H groups in total. The lowest BCUT2D eigenvalue weighted by Gasteiger charge is -2.07. The van der Waals surface area contributed by atoms with Gasteiger partial charge in [-0.15, -0.1) is 0 Å². The van der Waals surface area contributed by atoms with E-state index in [2.05, 4.69) is 0 Å². The lowest BCUT2D eigenvalue weighted by molar-refractivity contribution is -0.138. The number of benzene rings is 1. The number of carbonyl (C=O) groups is 1. The van der Waals surface area contributed by atoms with E-state index in [9.17, 15) is 4.79 Å². The summed E-state index contributed by atoms with van der Waals surface area (Å²) in [5, 5.41) is 26.7. The predicted octanol–water partition coefficient (Wildman–Crippen LogP) is 0.0522. The highest BCUT2D eigenvalue weighted by Gasteiger charge is 2.12.